The maximum Gasteiger partial charge on any atom is 0.271 e. The predicted octanol–water partition coefficient (Wildman–Crippen LogP) is 2.83. The minimum absolute atomic E-state index is 0.0212. The number of imidazole rings is 1. The monoisotopic (exact) mass is 440 g/mol. The molecule has 0 saturated carbocycles. The van der Waals surface area contributed by atoms with Gasteiger partial charge in [-0.3, -0.25) is 9.69 Å². The second kappa shape index (κ2) is 8.21. The first kappa shape index (κ1) is 20.4. The fourth-order valence-electron chi connectivity index (χ4n) is 4.54. The molecule has 162 valence electrons. The number of hydrogen-bond acceptors (Lipinski definition) is 4. The van der Waals surface area contributed by atoms with Crippen molar-refractivity contribution in [1.82, 2.24) is 19.8 Å². The van der Waals surface area contributed by atoms with Crippen molar-refractivity contribution < 1.29 is 13.9 Å². The number of ether oxygens (including phenoxy) is 1. The number of fused-ring (bicyclic) bond motifs is 1. The average molecular weight is 440 g/mol. The zero-order chi connectivity index (χ0) is 21.5. The van der Waals surface area contributed by atoms with Gasteiger partial charge in [0.15, 0.2) is 0 Å². The average Bonchev–Trinajstić information content (AvgIpc) is 3.18. The van der Waals surface area contributed by atoms with Gasteiger partial charge in [-0.15, -0.1) is 9.24 Å². The van der Waals surface area contributed by atoms with Crippen LogP contribution < -0.4 is 10.6 Å². The maximum atomic E-state index is 14.1. The first-order valence-corrected chi connectivity index (χ1v) is 11.2. The number of rotatable bonds is 3. The second-order valence-electron chi connectivity index (χ2n) is 8.48. The number of nitrogens with one attached hydrogen (secondary N) is 1. The molecule has 1 amide bonds. The van der Waals surface area contributed by atoms with Gasteiger partial charge in [0.2, 0.25) is 0 Å². The van der Waals surface area contributed by atoms with Crippen molar-refractivity contribution in [2.75, 3.05) is 13.7 Å². The van der Waals surface area contributed by atoms with Crippen molar-refractivity contribution in [3.8, 4) is 0 Å². The molecular weight excluding hydrogens is 414 g/mol. The van der Waals surface area contributed by atoms with Gasteiger partial charge in [0.05, 0.1) is 24.4 Å². The van der Waals surface area contributed by atoms with Crippen LogP contribution in [0.15, 0.2) is 47.9 Å². The van der Waals surface area contributed by atoms with E-state index >= 15 is 0 Å². The van der Waals surface area contributed by atoms with Crippen molar-refractivity contribution in [3.63, 3.8) is 0 Å². The number of likely N-dealkylation sites (N-methyl/N-ethyl adjacent to an activating group) is 1. The minimum atomic E-state index is -0.229. The molecule has 1 N–H and O–H groups in total. The number of aromatic nitrogens is 2. The lowest BCUT2D eigenvalue weighted by atomic mass is 9.96. The molecule has 1 aliphatic carbocycles. The lowest BCUT2D eigenvalue weighted by Gasteiger charge is -2.33. The highest BCUT2D eigenvalue weighted by Gasteiger charge is 2.29. The summed E-state index contributed by atoms with van der Waals surface area (Å²) in [4.78, 5) is 19.6. The molecule has 0 bridgehead atoms. The summed E-state index contributed by atoms with van der Waals surface area (Å²) in [6, 6.07) is 5.28. The summed E-state index contributed by atoms with van der Waals surface area (Å²) in [6.07, 6.45) is 8.81. The molecule has 3 aliphatic rings. The van der Waals surface area contributed by atoms with Gasteiger partial charge in [-0.1, -0.05) is 24.3 Å². The van der Waals surface area contributed by atoms with Gasteiger partial charge in [-0.25, -0.2) is 9.37 Å². The SMILES string of the molecule is CN1Cc2nc(C(=O)N[C@H]3COC4=C(C=CCC4)C3)cn2CC1c1ccc(P)c(F)c1. The summed E-state index contributed by atoms with van der Waals surface area (Å²) < 4.78 is 21.9. The Hall–Kier alpha value is -2.50. The highest BCUT2D eigenvalue weighted by Crippen LogP contribution is 2.30. The zero-order valence-electron chi connectivity index (χ0n) is 17.5. The number of amides is 1. The Labute approximate surface area is 183 Å². The van der Waals surface area contributed by atoms with E-state index in [9.17, 15) is 9.18 Å². The molecule has 0 spiro atoms. The van der Waals surface area contributed by atoms with Gasteiger partial charge >= 0.3 is 0 Å². The molecule has 3 heterocycles. The highest BCUT2D eigenvalue weighted by molar-refractivity contribution is 7.27. The van der Waals surface area contributed by atoms with Crippen molar-refractivity contribution >= 4 is 20.5 Å². The summed E-state index contributed by atoms with van der Waals surface area (Å²) in [5.74, 6) is 1.49. The highest BCUT2D eigenvalue weighted by atomic mass is 31.0. The van der Waals surface area contributed by atoms with Crippen molar-refractivity contribution in [2.24, 2.45) is 0 Å². The zero-order valence-corrected chi connectivity index (χ0v) is 18.6. The predicted molar refractivity (Wildman–Crippen MR) is 119 cm³/mol. The van der Waals surface area contributed by atoms with E-state index in [1.54, 1.807) is 18.3 Å². The number of allylic oxidation sites excluding steroid dienone is 3. The fourth-order valence-corrected chi connectivity index (χ4v) is 4.71. The molecule has 1 aromatic carbocycles. The van der Waals surface area contributed by atoms with Gasteiger partial charge in [0.1, 0.15) is 23.9 Å². The molecule has 8 heteroatoms. The van der Waals surface area contributed by atoms with E-state index in [1.807, 2.05) is 17.7 Å². The molecule has 0 radical (unpaired) electrons. The smallest absolute Gasteiger partial charge is 0.271 e. The summed E-state index contributed by atoms with van der Waals surface area (Å²) >= 11 is 0. The van der Waals surface area contributed by atoms with Gasteiger partial charge in [-0.2, -0.15) is 0 Å². The van der Waals surface area contributed by atoms with Crippen LogP contribution in [0.3, 0.4) is 0 Å². The van der Waals surface area contributed by atoms with Crippen molar-refractivity contribution in [3.05, 3.63) is 70.8 Å². The number of halogens is 1. The number of carbonyl (C=O) groups is 1. The molecule has 31 heavy (non-hydrogen) atoms. The summed E-state index contributed by atoms with van der Waals surface area (Å²) in [5.41, 5.74) is 2.51. The van der Waals surface area contributed by atoms with Crippen LogP contribution >= 0.6 is 9.24 Å². The Kier molecular flexibility index (Phi) is 5.40. The first-order valence-electron chi connectivity index (χ1n) is 10.6. The van der Waals surface area contributed by atoms with Gasteiger partial charge in [0, 0.05) is 24.5 Å². The molecule has 2 unspecified atom stereocenters. The number of carbonyl (C=O) groups excluding carboxylic acids is 1. The van der Waals surface area contributed by atoms with E-state index in [0.29, 0.717) is 30.7 Å². The number of hydrogen-bond donors (Lipinski definition) is 1. The van der Waals surface area contributed by atoms with Crippen LogP contribution in [0.1, 0.15) is 47.2 Å². The van der Waals surface area contributed by atoms with E-state index in [4.69, 9.17) is 4.74 Å². The van der Waals surface area contributed by atoms with Crippen LogP contribution in [0, 0.1) is 5.82 Å². The molecule has 2 aliphatic heterocycles. The third kappa shape index (κ3) is 4.04. The van der Waals surface area contributed by atoms with Gasteiger partial charge in [0.25, 0.3) is 5.91 Å². The van der Waals surface area contributed by atoms with Gasteiger partial charge in [-0.05, 0) is 37.1 Å². The third-order valence-corrected chi connectivity index (χ3v) is 6.74. The first-order chi connectivity index (χ1) is 15.0. The summed E-state index contributed by atoms with van der Waals surface area (Å²) in [6.45, 7) is 1.71. The fraction of sp³-hybridized carbons (Fsp3) is 0.391. The maximum absolute atomic E-state index is 14.1. The molecule has 0 saturated heterocycles. The van der Waals surface area contributed by atoms with Gasteiger partial charge < -0.3 is 14.6 Å². The Morgan fingerprint density at radius 2 is 2.26 bits per heavy atom. The lowest BCUT2D eigenvalue weighted by molar-refractivity contribution is 0.0875. The van der Waals surface area contributed by atoms with Crippen LogP contribution in [0.4, 0.5) is 4.39 Å². The normalized spacial score (nSPS) is 23.2. The molecule has 1 aromatic heterocycles. The van der Waals surface area contributed by atoms with Crippen LogP contribution in [0.25, 0.3) is 0 Å². The lowest BCUT2D eigenvalue weighted by Crippen LogP contribution is -2.40. The van der Waals surface area contributed by atoms with Crippen LogP contribution in [-0.4, -0.2) is 40.1 Å². The van der Waals surface area contributed by atoms with E-state index in [1.165, 1.54) is 5.57 Å². The Balaban J connectivity index is 1.29. The topological polar surface area (TPSA) is 59.4 Å². The standard InChI is InChI=1S/C23H26FN4O2P/c1-27-12-22-26-18(10-28(22)11-19(27)14-6-7-21(31)17(24)9-14)23(29)25-16-8-15-4-2-3-5-20(15)30-13-16/h2,4,6-7,9-10,16,19H,3,5,8,11-13,31H2,1H3,(H,25,29)/t16-,19?/m1/s1. The molecule has 0 fully saturated rings. The Bertz CT molecular complexity index is 1090. The summed E-state index contributed by atoms with van der Waals surface area (Å²) in [7, 11) is 4.40. The van der Waals surface area contributed by atoms with Crippen molar-refractivity contribution in [2.45, 2.75) is 44.4 Å². The Morgan fingerprint density at radius 1 is 1.39 bits per heavy atom. The second-order valence-corrected chi connectivity index (χ2v) is 9.10. The van der Waals surface area contributed by atoms with E-state index in [-0.39, 0.29) is 23.8 Å². The molecule has 2 aromatic rings. The third-order valence-electron chi connectivity index (χ3n) is 6.27. The van der Waals surface area contributed by atoms with E-state index < -0.39 is 0 Å². The minimum Gasteiger partial charge on any atom is -0.495 e. The number of benzene rings is 1. The molecule has 5 rings (SSSR count). The van der Waals surface area contributed by atoms with E-state index in [0.717, 1.165) is 36.4 Å². The number of nitrogens with zero attached hydrogens (tertiary/aromatic N) is 3. The Morgan fingerprint density at radius 3 is 3.10 bits per heavy atom. The molecule has 6 nitrogen and oxygen atoms in total. The quantitative estimate of drug-likeness (QED) is 0.746. The van der Waals surface area contributed by atoms with Crippen LogP contribution in [0.2, 0.25) is 0 Å². The van der Waals surface area contributed by atoms with Crippen LogP contribution in [-0.2, 0) is 17.8 Å². The molecule has 3 atom stereocenters. The largest absolute Gasteiger partial charge is 0.495 e. The summed E-state index contributed by atoms with van der Waals surface area (Å²) in [5, 5.41) is 3.63. The van der Waals surface area contributed by atoms with Crippen molar-refractivity contribution in [1.29, 1.82) is 0 Å². The van der Waals surface area contributed by atoms with Crippen LogP contribution in [0.5, 0.6) is 0 Å². The molecular formula is C23H26FN4O2P. The van der Waals surface area contributed by atoms with E-state index in [2.05, 4.69) is 36.6 Å².